The molecule has 0 aromatic carbocycles. The van der Waals surface area contributed by atoms with Crippen LogP contribution in [0.4, 0.5) is 10.8 Å². The van der Waals surface area contributed by atoms with Crippen molar-refractivity contribution in [3.63, 3.8) is 0 Å². The van der Waals surface area contributed by atoms with Crippen LogP contribution in [0.1, 0.15) is 45.1 Å². The predicted octanol–water partition coefficient (Wildman–Crippen LogP) is 4.20. The molecule has 1 N–H and O–H groups in total. The summed E-state index contributed by atoms with van der Waals surface area (Å²) in [6.45, 7) is 5.84. The second kappa shape index (κ2) is 9.31. The summed E-state index contributed by atoms with van der Waals surface area (Å²) in [4.78, 5) is 22.1. The first-order valence-corrected chi connectivity index (χ1v) is 14.4. The number of hydrogen-bond donors (Lipinski definition) is 1. The summed E-state index contributed by atoms with van der Waals surface area (Å²) < 4.78 is 1.80. The zero-order valence-corrected chi connectivity index (χ0v) is 22.7. The van der Waals surface area contributed by atoms with E-state index in [1.807, 2.05) is 30.5 Å². The van der Waals surface area contributed by atoms with Crippen molar-refractivity contribution in [2.75, 3.05) is 23.3 Å². The number of carbonyl (C=O) groups is 1. The quantitative estimate of drug-likeness (QED) is 0.388. The summed E-state index contributed by atoms with van der Waals surface area (Å²) in [7, 11) is 0. The molecule has 1 aliphatic carbocycles. The number of anilines is 2. The fraction of sp³-hybridized carbons (Fsp3) is 0.429. The summed E-state index contributed by atoms with van der Waals surface area (Å²) in [5, 5.41) is 28.1. The number of pyridine rings is 1. The van der Waals surface area contributed by atoms with E-state index in [0.717, 1.165) is 77.1 Å². The van der Waals surface area contributed by atoms with Gasteiger partial charge in [0.05, 0.1) is 34.2 Å². The van der Waals surface area contributed by atoms with Gasteiger partial charge in [-0.15, -0.1) is 10.2 Å². The Morgan fingerprint density at radius 1 is 1.10 bits per heavy atom. The van der Waals surface area contributed by atoms with Gasteiger partial charge in [0, 0.05) is 49.0 Å². The van der Waals surface area contributed by atoms with Gasteiger partial charge in [0.25, 0.3) is 0 Å². The molecule has 39 heavy (non-hydrogen) atoms. The molecule has 2 unspecified atom stereocenters. The Labute approximate surface area is 230 Å². The lowest BCUT2D eigenvalue weighted by Crippen LogP contribution is -2.56. The van der Waals surface area contributed by atoms with Crippen LogP contribution in [0.3, 0.4) is 0 Å². The van der Waals surface area contributed by atoms with E-state index in [4.69, 9.17) is 4.98 Å². The second-order valence-corrected chi connectivity index (χ2v) is 12.0. The number of fused-ring (bicyclic) bond motifs is 3. The number of rotatable bonds is 6. The van der Waals surface area contributed by atoms with Crippen LogP contribution in [0, 0.1) is 17.2 Å². The molecule has 0 spiro atoms. The molecule has 4 aromatic rings. The maximum absolute atomic E-state index is 12.8. The topological polar surface area (TPSA) is 115 Å². The third-order valence-electron chi connectivity index (χ3n) is 7.82. The van der Waals surface area contributed by atoms with E-state index < -0.39 is 0 Å². The molecule has 2 bridgehead atoms. The van der Waals surface area contributed by atoms with Crippen molar-refractivity contribution in [1.82, 2.24) is 29.7 Å². The van der Waals surface area contributed by atoms with Gasteiger partial charge in [0.15, 0.2) is 5.01 Å². The normalized spacial score (nSPS) is 20.6. The molecule has 3 aliphatic rings. The highest BCUT2D eigenvalue weighted by Gasteiger charge is 2.47. The minimum Gasteiger partial charge on any atom is -0.382 e. The van der Waals surface area contributed by atoms with E-state index in [9.17, 15) is 10.1 Å². The van der Waals surface area contributed by atoms with E-state index >= 15 is 0 Å². The second-order valence-electron chi connectivity index (χ2n) is 11.0. The Hall–Kier alpha value is -4.04. The van der Waals surface area contributed by atoms with Gasteiger partial charge in [-0.25, -0.2) is 4.52 Å². The molecule has 0 radical (unpaired) electrons. The molecule has 7 rings (SSSR count). The molecule has 4 aromatic heterocycles. The lowest BCUT2D eigenvalue weighted by atomic mass is 10.1. The van der Waals surface area contributed by atoms with Crippen molar-refractivity contribution in [3.8, 4) is 28.0 Å². The molecule has 1 saturated carbocycles. The number of hydrogen-bond acceptors (Lipinski definition) is 9. The molecule has 198 valence electrons. The highest BCUT2D eigenvalue weighted by Crippen LogP contribution is 2.41. The van der Waals surface area contributed by atoms with Crippen molar-refractivity contribution in [2.45, 2.75) is 57.7 Å². The number of nitrogens with zero attached hydrogens (tertiary/aromatic N) is 8. The molecule has 2 saturated heterocycles. The van der Waals surface area contributed by atoms with E-state index in [-0.39, 0.29) is 24.0 Å². The lowest BCUT2D eigenvalue weighted by Gasteiger charge is -2.41. The highest BCUT2D eigenvalue weighted by molar-refractivity contribution is 7.18. The molecule has 6 heterocycles. The van der Waals surface area contributed by atoms with Gasteiger partial charge < -0.3 is 15.1 Å². The van der Waals surface area contributed by atoms with Gasteiger partial charge >= 0.3 is 0 Å². The third-order valence-corrected chi connectivity index (χ3v) is 8.84. The first kappa shape index (κ1) is 24.0. The third kappa shape index (κ3) is 4.29. The molecule has 2 atom stereocenters. The van der Waals surface area contributed by atoms with Crippen molar-refractivity contribution in [1.29, 1.82) is 5.26 Å². The highest BCUT2D eigenvalue weighted by atomic mass is 32.1. The number of nitrogens with one attached hydrogen (secondary N) is 1. The Balaban J connectivity index is 1.17. The largest absolute Gasteiger partial charge is 0.382 e. The number of amides is 1. The van der Waals surface area contributed by atoms with Gasteiger partial charge in [-0.2, -0.15) is 10.4 Å². The van der Waals surface area contributed by atoms with Gasteiger partial charge in [0.1, 0.15) is 6.07 Å². The summed E-state index contributed by atoms with van der Waals surface area (Å²) in [5.74, 6) is 0.637. The first-order valence-electron chi connectivity index (χ1n) is 13.5. The van der Waals surface area contributed by atoms with Crippen molar-refractivity contribution in [3.05, 3.63) is 42.2 Å². The molecule has 2 aliphatic heterocycles. The van der Waals surface area contributed by atoms with E-state index in [1.165, 1.54) is 0 Å². The van der Waals surface area contributed by atoms with E-state index in [0.29, 0.717) is 11.5 Å². The van der Waals surface area contributed by atoms with Crippen molar-refractivity contribution in [2.24, 2.45) is 5.92 Å². The van der Waals surface area contributed by atoms with Crippen molar-refractivity contribution >= 4 is 33.6 Å². The minimum atomic E-state index is 0.208. The summed E-state index contributed by atoms with van der Waals surface area (Å²) in [6, 6.07) is 10.6. The van der Waals surface area contributed by atoms with Crippen LogP contribution < -0.4 is 10.2 Å². The van der Waals surface area contributed by atoms with Crippen LogP contribution in [0.2, 0.25) is 0 Å². The SMILES string of the molecule is CC(C)Nc1cc(-c2ccc3cc(C#N)cnn23)ncc1-c1nnc(N2CC3CCC(C2)N3C(=O)C2CC2)s1. The van der Waals surface area contributed by atoms with E-state index in [1.54, 1.807) is 22.0 Å². The van der Waals surface area contributed by atoms with Crippen molar-refractivity contribution < 1.29 is 4.79 Å². The predicted molar refractivity (Wildman–Crippen MR) is 149 cm³/mol. The Morgan fingerprint density at radius 3 is 2.62 bits per heavy atom. The van der Waals surface area contributed by atoms with Crippen LogP contribution in [-0.2, 0) is 4.79 Å². The summed E-state index contributed by atoms with van der Waals surface area (Å²) >= 11 is 1.58. The smallest absolute Gasteiger partial charge is 0.226 e. The summed E-state index contributed by atoms with van der Waals surface area (Å²) in [6.07, 6.45) is 7.66. The van der Waals surface area contributed by atoms with E-state index in [2.05, 4.69) is 50.3 Å². The summed E-state index contributed by atoms with van der Waals surface area (Å²) in [5.41, 5.74) is 4.82. The van der Waals surface area contributed by atoms with Gasteiger partial charge in [-0.1, -0.05) is 11.3 Å². The maximum atomic E-state index is 12.8. The maximum Gasteiger partial charge on any atom is 0.226 e. The molecule has 10 nitrogen and oxygen atoms in total. The monoisotopic (exact) mass is 539 g/mol. The van der Waals surface area contributed by atoms with Gasteiger partial charge in [-0.05, 0) is 63.8 Å². The zero-order valence-electron chi connectivity index (χ0n) is 21.9. The Bertz CT molecular complexity index is 1600. The minimum absolute atomic E-state index is 0.208. The standard InChI is InChI=1S/C28H29N9OS/c1-16(2)32-23-10-24(25-8-7-19-9-17(11-29)12-31-37(19)25)30-13-22(23)26-33-34-28(39-26)35-14-20-5-6-21(15-35)36(20)27(38)18-3-4-18/h7-10,12-13,16,18,20-21H,3-6,14-15H2,1-2H3,(H,30,32). The number of aromatic nitrogens is 5. The van der Waals surface area contributed by atoms with Gasteiger partial charge in [0.2, 0.25) is 11.0 Å². The van der Waals surface area contributed by atoms with Gasteiger partial charge in [-0.3, -0.25) is 9.78 Å². The average Bonchev–Trinajstić information content (AvgIpc) is 3.42. The molecule has 1 amide bonds. The van der Waals surface area contributed by atoms with Crippen LogP contribution in [0.5, 0.6) is 0 Å². The number of carbonyl (C=O) groups excluding carboxylic acids is 1. The average molecular weight is 540 g/mol. The lowest BCUT2D eigenvalue weighted by molar-refractivity contribution is -0.135. The molecular formula is C28H29N9OS. The molecular weight excluding hydrogens is 510 g/mol. The van der Waals surface area contributed by atoms with Crippen LogP contribution in [0.15, 0.2) is 36.7 Å². The van der Waals surface area contributed by atoms with Crippen LogP contribution >= 0.6 is 11.3 Å². The number of nitriles is 1. The first-order chi connectivity index (χ1) is 19.0. The molecule has 11 heteroatoms. The van der Waals surface area contributed by atoms with Crippen LogP contribution in [-0.4, -0.2) is 66.8 Å². The fourth-order valence-electron chi connectivity index (χ4n) is 5.86. The molecule has 3 fully saturated rings. The Kier molecular flexibility index (Phi) is 5.74. The number of piperazine rings is 1. The fourth-order valence-corrected chi connectivity index (χ4v) is 6.75. The van der Waals surface area contributed by atoms with Crippen LogP contribution in [0.25, 0.3) is 27.5 Å². The zero-order chi connectivity index (χ0) is 26.7. The Morgan fingerprint density at radius 2 is 1.90 bits per heavy atom.